The Morgan fingerprint density at radius 2 is 1.76 bits per heavy atom. The van der Waals surface area contributed by atoms with Crippen LogP contribution in [0.4, 0.5) is 24.5 Å². The largest absolute Gasteiger partial charge is 0.455 e. The topological polar surface area (TPSA) is 102 Å². The summed E-state index contributed by atoms with van der Waals surface area (Å²) < 4.78 is 45.7. The maximum atomic E-state index is 13.2. The molecule has 34 heavy (non-hydrogen) atoms. The maximum absolute atomic E-state index is 13.2. The van der Waals surface area contributed by atoms with Crippen molar-refractivity contribution in [2.24, 2.45) is 0 Å². The van der Waals surface area contributed by atoms with E-state index in [0.29, 0.717) is 28.7 Å². The van der Waals surface area contributed by atoms with Crippen LogP contribution in [0, 0.1) is 24.0 Å². The van der Waals surface area contributed by atoms with Crippen LogP contribution in [-0.2, 0) is 17.4 Å². The van der Waals surface area contributed by atoms with Gasteiger partial charge in [-0.05, 0) is 49.2 Å². The smallest absolute Gasteiger partial charge is 0.423 e. The van der Waals surface area contributed by atoms with Crippen LogP contribution in [0.15, 0.2) is 57.7 Å². The minimum atomic E-state index is -4.97. The van der Waals surface area contributed by atoms with Crippen molar-refractivity contribution in [3.8, 4) is 0 Å². The number of alkyl halides is 3. The molecule has 0 spiro atoms. The number of hydrogen-bond donors (Lipinski definition) is 1. The summed E-state index contributed by atoms with van der Waals surface area (Å²) in [5, 5.41) is 13.9. The first-order valence-electron chi connectivity index (χ1n) is 10.1. The number of aryl methyl sites for hydroxylation is 2. The molecule has 1 heterocycles. The molecule has 0 aliphatic carbocycles. The van der Waals surface area contributed by atoms with Crippen LogP contribution < -0.4 is 10.7 Å². The van der Waals surface area contributed by atoms with Crippen LogP contribution in [-0.4, -0.2) is 10.8 Å². The SMILES string of the molecule is Cc1ccc2c(=O)c3cccc(CC(=O)Nc4ccc([N+](=O)[O-])c(C(F)(F)F)c4)c3oc2c1C. The van der Waals surface area contributed by atoms with Gasteiger partial charge in [0.2, 0.25) is 11.3 Å². The molecular weight excluding hydrogens is 453 g/mol. The molecule has 0 saturated carbocycles. The van der Waals surface area contributed by atoms with Crippen molar-refractivity contribution in [2.75, 3.05) is 5.32 Å². The quantitative estimate of drug-likeness (QED) is 0.235. The minimum absolute atomic E-state index is 0.212. The fraction of sp³-hybridized carbons (Fsp3) is 0.167. The number of nitro groups is 1. The average molecular weight is 470 g/mol. The fourth-order valence-electron chi connectivity index (χ4n) is 3.75. The van der Waals surface area contributed by atoms with Crippen LogP contribution in [0.3, 0.4) is 0 Å². The number of anilines is 1. The van der Waals surface area contributed by atoms with Gasteiger partial charge in [-0.15, -0.1) is 0 Å². The number of para-hydroxylation sites is 1. The molecule has 0 fully saturated rings. The molecule has 4 rings (SSSR count). The number of amides is 1. The molecule has 4 aromatic rings. The van der Waals surface area contributed by atoms with Gasteiger partial charge in [0, 0.05) is 17.3 Å². The first kappa shape index (κ1) is 23.0. The van der Waals surface area contributed by atoms with Crippen LogP contribution in [0.2, 0.25) is 0 Å². The van der Waals surface area contributed by atoms with E-state index in [1.807, 2.05) is 19.9 Å². The number of carbonyl (C=O) groups is 1. The molecule has 0 saturated heterocycles. The molecular formula is C24H17F3N2O5. The van der Waals surface area contributed by atoms with Crippen molar-refractivity contribution in [1.82, 2.24) is 0 Å². The Hall–Kier alpha value is -4.21. The van der Waals surface area contributed by atoms with E-state index in [1.54, 1.807) is 24.3 Å². The summed E-state index contributed by atoms with van der Waals surface area (Å²) >= 11 is 0. The normalized spacial score (nSPS) is 11.7. The highest BCUT2D eigenvalue weighted by atomic mass is 19.4. The summed E-state index contributed by atoms with van der Waals surface area (Å²) in [7, 11) is 0. The number of carbonyl (C=O) groups excluding carboxylic acids is 1. The second kappa shape index (κ2) is 8.29. The van der Waals surface area contributed by atoms with Gasteiger partial charge in [-0.1, -0.05) is 18.2 Å². The fourth-order valence-corrected chi connectivity index (χ4v) is 3.75. The van der Waals surface area contributed by atoms with Gasteiger partial charge in [0.05, 0.1) is 22.1 Å². The van der Waals surface area contributed by atoms with E-state index >= 15 is 0 Å². The summed E-state index contributed by atoms with van der Waals surface area (Å²) in [6, 6.07) is 10.5. The van der Waals surface area contributed by atoms with Gasteiger partial charge in [-0.2, -0.15) is 13.2 Å². The molecule has 0 aliphatic heterocycles. The third-order valence-electron chi connectivity index (χ3n) is 5.60. The molecule has 1 aromatic heterocycles. The van der Waals surface area contributed by atoms with Gasteiger partial charge in [0.25, 0.3) is 5.69 Å². The Balaban J connectivity index is 1.71. The Bertz CT molecular complexity index is 1540. The number of hydrogen-bond acceptors (Lipinski definition) is 5. The molecule has 1 amide bonds. The highest BCUT2D eigenvalue weighted by Gasteiger charge is 2.38. The zero-order valence-corrected chi connectivity index (χ0v) is 17.9. The molecule has 1 N–H and O–H groups in total. The van der Waals surface area contributed by atoms with Crippen molar-refractivity contribution in [1.29, 1.82) is 0 Å². The summed E-state index contributed by atoms with van der Waals surface area (Å²) in [4.78, 5) is 35.4. The van der Waals surface area contributed by atoms with Crippen LogP contribution in [0.1, 0.15) is 22.3 Å². The Morgan fingerprint density at radius 1 is 1.06 bits per heavy atom. The van der Waals surface area contributed by atoms with Crippen molar-refractivity contribution < 1.29 is 27.3 Å². The van der Waals surface area contributed by atoms with Gasteiger partial charge in [0.15, 0.2) is 0 Å². The van der Waals surface area contributed by atoms with Gasteiger partial charge < -0.3 is 9.73 Å². The number of nitrogens with one attached hydrogen (secondary N) is 1. The summed E-state index contributed by atoms with van der Waals surface area (Å²) in [6.45, 7) is 3.69. The standard InChI is InChI=1S/C24H17F3N2O5/c1-12-6-8-17-21(31)16-5-3-4-14(23(16)34-22(17)13(12)2)10-20(30)28-15-7-9-19(29(32)33)18(11-15)24(25,26)27/h3-9,11H,10H2,1-2H3,(H,28,30). The van der Waals surface area contributed by atoms with E-state index in [2.05, 4.69) is 5.32 Å². The van der Waals surface area contributed by atoms with Crippen LogP contribution in [0.25, 0.3) is 21.9 Å². The number of halogens is 3. The molecule has 0 aliphatic rings. The average Bonchev–Trinajstić information content (AvgIpc) is 2.76. The van der Waals surface area contributed by atoms with E-state index in [0.717, 1.165) is 17.2 Å². The number of rotatable bonds is 4. The third kappa shape index (κ3) is 4.09. The monoisotopic (exact) mass is 470 g/mol. The van der Waals surface area contributed by atoms with E-state index < -0.39 is 28.3 Å². The second-order valence-corrected chi connectivity index (χ2v) is 7.82. The lowest BCUT2D eigenvalue weighted by atomic mass is 10.0. The van der Waals surface area contributed by atoms with Gasteiger partial charge in [-0.3, -0.25) is 19.7 Å². The number of benzene rings is 3. The Morgan fingerprint density at radius 3 is 2.44 bits per heavy atom. The van der Waals surface area contributed by atoms with Crippen molar-refractivity contribution in [3.05, 3.63) is 91.1 Å². The number of fused-ring (bicyclic) bond motifs is 2. The number of nitro benzene ring substituents is 1. The third-order valence-corrected chi connectivity index (χ3v) is 5.60. The highest BCUT2D eigenvalue weighted by molar-refractivity contribution is 5.97. The first-order valence-corrected chi connectivity index (χ1v) is 10.1. The Kier molecular flexibility index (Phi) is 5.60. The van der Waals surface area contributed by atoms with Gasteiger partial charge in [0.1, 0.15) is 16.7 Å². The van der Waals surface area contributed by atoms with Crippen molar-refractivity contribution >= 4 is 39.2 Å². The van der Waals surface area contributed by atoms with E-state index in [9.17, 15) is 32.9 Å². The first-order chi connectivity index (χ1) is 16.0. The highest BCUT2D eigenvalue weighted by Crippen LogP contribution is 2.37. The molecule has 0 unspecified atom stereocenters. The maximum Gasteiger partial charge on any atom is 0.423 e. The predicted octanol–water partition coefficient (Wildman–Crippen LogP) is 5.67. The lowest BCUT2D eigenvalue weighted by Gasteiger charge is -2.12. The zero-order chi connectivity index (χ0) is 24.8. The summed E-state index contributed by atoms with van der Waals surface area (Å²) in [5.41, 5.74) is -0.409. The molecule has 7 nitrogen and oxygen atoms in total. The van der Waals surface area contributed by atoms with E-state index in [-0.39, 0.29) is 28.5 Å². The Labute approximate surface area is 190 Å². The van der Waals surface area contributed by atoms with Crippen molar-refractivity contribution in [3.63, 3.8) is 0 Å². The molecule has 174 valence electrons. The van der Waals surface area contributed by atoms with E-state index in [4.69, 9.17) is 4.42 Å². The van der Waals surface area contributed by atoms with Gasteiger partial charge in [-0.25, -0.2) is 0 Å². The van der Waals surface area contributed by atoms with Gasteiger partial charge >= 0.3 is 6.18 Å². The number of nitrogens with zero attached hydrogens (tertiary/aromatic N) is 1. The summed E-state index contributed by atoms with van der Waals surface area (Å²) in [5.74, 6) is -0.682. The predicted molar refractivity (Wildman–Crippen MR) is 120 cm³/mol. The summed E-state index contributed by atoms with van der Waals surface area (Å²) in [6.07, 6.45) is -5.27. The van der Waals surface area contributed by atoms with Crippen molar-refractivity contribution in [2.45, 2.75) is 26.4 Å². The molecule has 3 aromatic carbocycles. The molecule has 0 atom stereocenters. The van der Waals surface area contributed by atoms with Crippen LogP contribution >= 0.6 is 0 Å². The van der Waals surface area contributed by atoms with Crippen LogP contribution in [0.5, 0.6) is 0 Å². The van der Waals surface area contributed by atoms with E-state index in [1.165, 1.54) is 0 Å². The molecule has 0 bridgehead atoms. The lowest BCUT2D eigenvalue weighted by Crippen LogP contribution is -2.16. The minimum Gasteiger partial charge on any atom is -0.455 e. The molecule has 10 heteroatoms. The zero-order valence-electron chi connectivity index (χ0n) is 17.9. The molecule has 0 radical (unpaired) electrons. The lowest BCUT2D eigenvalue weighted by molar-refractivity contribution is -0.388. The second-order valence-electron chi connectivity index (χ2n) is 7.82.